The predicted molar refractivity (Wildman–Crippen MR) is 70.3 cm³/mol. The highest BCUT2D eigenvalue weighted by molar-refractivity contribution is 5.70. The van der Waals surface area contributed by atoms with Crippen LogP contribution in [-0.4, -0.2) is 28.8 Å². The Morgan fingerprint density at radius 2 is 1.89 bits per heavy atom. The Balaban J connectivity index is 2.69. The Bertz CT molecular complexity index is 390. The van der Waals surface area contributed by atoms with Gasteiger partial charge in [0.2, 0.25) is 0 Å². The number of carbonyl (C=O) groups is 1. The van der Waals surface area contributed by atoms with Crippen LogP contribution in [0, 0.1) is 5.92 Å². The van der Waals surface area contributed by atoms with Crippen molar-refractivity contribution in [3.05, 3.63) is 35.4 Å². The maximum absolute atomic E-state index is 10.8. The van der Waals surface area contributed by atoms with Crippen molar-refractivity contribution in [2.75, 3.05) is 6.61 Å². The number of hydrogen-bond donors (Lipinski definition) is 3. The van der Waals surface area contributed by atoms with Crippen LogP contribution in [0.4, 0.5) is 0 Å². The lowest BCUT2D eigenvalue weighted by molar-refractivity contribution is -0.136. The molecule has 0 aliphatic carbocycles. The van der Waals surface area contributed by atoms with E-state index in [0.717, 1.165) is 11.1 Å². The quantitative estimate of drug-likeness (QED) is 0.685. The summed E-state index contributed by atoms with van der Waals surface area (Å²) in [6.07, 6.45) is 0.0311. The largest absolute Gasteiger partial charge is 0.481 e. The molecule has 0 bridgehead atoms. The number of nitrogens with one attached hydrogen (secondary N) is 1. The Hall–Kier alpha value is -1.39. The lowest BCUT2D eigenvalue weighted by Crippen LogP contribution is -2.36. The highest BCUT2D eigenvalue weighted by Gasteiger charge is 2.12. The number of rotatable bonds is 7. The van der Waals surface area contributed by atoms with E-state index >= 15 is 0 Å². The number of aliphatic hydroxyl groups is 1. The molecule has 0 spiro atoms. The fourth-order valence-electron chi connectivity index (χ4n) is 1.82. The third-order valence-electron chi connectivity index (χ3n) is 3.02. The third kappa shape index (κ3) is 4.47. The van der Waals surface area contributed by atoms with Crippen molar-refractivity contribution in [2.45, 2.75) is 32.9 Å². The van der Waals surface area contributed by atoms with Gasteiger partial charge < -0.3 is 15.5 Å². The Kier molecular flexibility index (Phi) is 5.82. The van der Waals surface area contributed by atoms with Gasteiger partial charge in [-0.25, -0.2) is 0 Å². The molecule has 0 radical (unpaired) electrons. The van der Waals surface area contributed by atoms with Gasteiger partial charge in [-0.2, -0.15) is 0 Å². The molecule has 0 heterocycles. The summed E-state index contributed by atoms with van der Waals surface area (Å²) in [5, 5.41) is 21.3. The van der Waals surface area contributed by atoms with E-state index in [1.807, 2.05) is 38.1 Å². The molecule has 4 heteroatoms. The van der Waals surface area contributed by atoms with Crippen LogP contribution in [0.2, 0.25) is 0 Å². The van der Waals surface area contributed by atoms with Gasteiger partial charge in [-0.15, -0.1) is 0 Å². The van der Waals surface area contributed by atoms with Crippen molar-refractivity contribution >= 4 is 5.97 Å². The molecule has 1 rings (SSSR count). The first-order valence-corrected chi connectivity index (χ1v) is 6.17. The maximum Gasteiger partial charge on any atom is 0.307 e. The molecule has 1 unspecified atom stereocenters. The Morgan fingerprint density at radius 3 is 2.39 bits per heavy atom. The monoisotopic (exact) mass is 251 g/mol. The van der Waals surface area contributed by atoms with Crippen molar-refractivity contribution in [2.24, 2.45) is 5.92 Å². The second kappa shape index (κ2) is 7.13. The third-order valence-corrected chi connectivity index (χ3v) is 3.02. The molecule has 0 aromatic heterocycles. The fraction of sp³-hybridized carbons (Fsp3) is 0.500. The molecule has 1 aromatic rings. The van der Waals surface area contributed by atoms with Gasteiger partial charge in [-0.05, 0) is 17.0 Å². The average Bonchev–Trinajstić information content (AvgIpc) is 2.30. The molecule has 0 saturated heterocycles. The maximum atomic E-state index is 10.8. The van der Waals surface area contributed by atoms with Crippen molar-refractivity contribution < 1.29 is 15.0 Å². The van der Waals surface area contributed by atoms with E-state index in [4.69, 9.17) is 5.11 Å². The van der Waals surface area contributed by atoms with Crippen LogP contribution in [0.25, 0.3) is 0 Å². The Morgan fingerprint density at radius 1 is 1.28 bits per heavy atom. The van der Waals surface area contributed by atoms with E-state index in [0.29, 0.717) is 12.5 Å². The van der Waals surface area contributed by atoms with Crippen LogP contribution in [0.3, 0.4) is 0 Å². The summed E-state index contributed by atoms with van der Waals surface area (Å²) in [7, 11) is 0. The normalized spacial score (nSPS) is 12.7. The summed E-state index contributed by atoms with van der Waals surface area (Å²) in [5.74, 6) is -0.494. The first-order valence-electron chi connectivity index (χ1n) is 6.17. The number of aliphatic carboxylic acids is 1. The molecule has 1 atom stereocenters. The van der Waals surface area contributed by atoms with Gasteiger partial charge in [0.15, 0.2) is 0 Å². The summed E-state index contributed by atoms with van der Waals surface area (Å²) >= 11 is 0. The van der Waals surface area contributed by atoms with Gasteiger partial charge in [0.25, 0.3) is 0 Å². The van der Waals surface area contributed by atoms with Crippen molar-refractivity contribution in [1.29, 1.82) is 0 Å². The van der Waals surface area contributed by atoms with E-state index < -0.39 is 5.97 Å². The minimum absolute atomic E-state index is 0.0304. The number of carboxylic acid groups (broad SMARTS) is 1. The number of aliphatic hydroxyl groups excluding tert-OH is 1. The molecule has 0 aliphatic rings. The summed E-state index contributed by atoms with van der Waals surface area (Å²) in [4.78, 5) is 10.8. The first-order chi connectivity index (χ1) is 8.54. The lowest BCUT2D eigenvalue weighted by atomic mass is 10.0. The van der Waals surface area contributed by atoms with E-state index in [-0.39, 0.29) is 19.1 Å². The smallest absolute Gasteiger partial charge is 0.307 e. The van der Waals surface area contributed by atoms with Crippen molar-refractivity contribution in [1.82, 2.24) is 5.32 Å². The van der Waals surface area contributed by atoms with Gasteiger partial charge in [0.1, 0.15) is 0 Å². The molecule has 0 amide bonds. The number of benzene rings is 1. The zero-order chi connectivity index (χ0) is 13.5. The van der Waals surface area contributed by atoms with Crippen LogP contribution in [0.5, 0.6) is 0 Å². The molecule has 0 fully saturated rings. The molecule has 0 aliphatic heterocycles. The fourth-order valence-corrected chi connectivity index (χ4v) is 1.82. The standard InChI is InChI=1S/C14H21NO3/c1-10(2)13(9-16)15-8-12-6-4-3-5-11(12)7-14(17)18/h3-6,10,13,15-16H,7-9H2,1-2H3,(H,17,18). The van der Waals surface area contributed by atoms with Crippen LogP contribution in [-0.2, 0) is 17.8 Å². The van der Waals surface area contributed by atoms with Crippen LogP contribution in [0.1, 0.15) is 25.0 Å². The molecule has 18 heavy (non-hydrogen) atoms. The molecular weight excluding hydrogens is 230 g/mol. The van der Waals surface area contributed by atoms with Gasteiger partial charge >= 0.3 is 5.97 Å². The topological polar surface area (TPSA) is 69.6 Å². The molecule has 4 nitrogen and oxygen atoms in total. The summed E-state index contributed by atoms with van der Waals surface area (Å²) in [5.41, 5.74) is 1.79. The van der Waals surface area contributed by atoms with E-state index in [1.54, 1.807) is 0 Å². The minimum atomic E-state index is -0.829. The average molecular weight is 251 g/mol. The lowest BCUT2D eigenvalue weighted by Gasteiger charge is -2.20. The minimum Gasteiger partial charge on any atom is -0.481 e. The number of hydrogen-bond acceptors (Lipinski definition) is 3. The zero-order valence-electron chi connectivity index (χ0n) is 10.9. The molecule has 3 N–H and O–H groups in total. The van der Waals surface area contributed by atoms with E-state index in [1.165, 1.54) is 0 Å². The second-order valence-electron chi connectivity index (χ2n) is 4.75. The number of carboxylic acids is 1. The van der Waals surface area contributed by atoms with Gasteiger partial charge in [-0.1, -0.05) is 38.1 Å². The van der Waals surface area contributed by atoms with Crippen LogP contribution < -0.4 is 5.32 Å². The molecule has 100 valence electrons. The van der Waals surface area contributed by atoms with Crippen molar-refractivity contribution in [3.8, 4) is 0 Å². The second-order valence-corrected chi connectivity index (χ2v) is 4.75. The molecular formula is C14H21NO3. The predicted octanol–water partition coefficient (Wildman–Crippen LogP) is 1.42. The van der Waals surface area contributed by atoms with Crippen LogP contribution >= 0.6 is 0 Å². The highest BCUT2D eigenvalue weighted by atomic mass is 16.4. The van der Waals surface area contributed by atoms with Crippen LogP contribution in [0.15, 0.2) is 24.3 Å². The summed E-state index contributed by atoms with van der Waals surface area (Å²) < 4.78 is 0. The molecule has 0 saturated carbocycles. The van der Waals surface area contributed by atoms with Gasteiger partial charge in [-0.3, -0.25) is 4.79 Å². The van der Waals surface area contributed by atoms with Gasteiger partial charge in [0.05, 0.1) is 13.0 Å². The summed E-state index contributed by atoms with van der Waals surface area (Å²) in [6, 6.07) is 7.51. The highest BCUT2D eigenvalue weighted by Crippen LogP contribution is 2.11. The zero-order valence-corrected chi connectivity index (χ0v) is 10.9. The van der Waals surface area contributed by atoms with Gasteiger partial charge in [0, 0.05) is 12.6 Å². The first kappa shape index (κ1) is 14.7. The summed E-state index contributed by atoms with van der Waals surface area (Å²) in [6.45, 7) is 4.74. The van der Waals surface area contributed by atoms with Crippen molar-refractivity contribution in [3.63, 3.8) is 0 Å². The molecule has 1 aromatic carbocycles. The SMILES string of the molecule is CC(C)C(CO)NCc1ccccc1CC(=O)O. The van der Waals surface area contributed by atoms with E-state index in [9.17, 15) is 9.90 Å². The Labute approximate surface area is 108 Å². The van der Waals surface area contributed by atoms with E-state index in [2.05, 4.69) is 5.32 Å².